The Hall–Kier alpha value is -2.44. The number of aromatic carboxylic acids is 1. The zero-order valence-electron chi connectivity index (χ0n) is 11.1. The van der Waals surface area contributed by atoms with E-state index in [1.54, 1.807) is 0 Å². The predicted molar refractivity (Wildman–Crippen MR) is 69.0 cm³/mol. The van der Waals surface area contributed by atoms with Crippen molar-refractivity contribution in [1.29, 1.82) is 0 Å². The maximum absolute atomic E-state index is 14.0. The van der Waals surface area contributed by atoms with Gasteiger partial charge in [-0.05, 0) is 25.0 Å². The number of carboxylic acid groups (broad SMARTS) is 1. The molecule has 0 unspecified atom stereocenters. The summed E-state index contributed by atoms with van der Waals surface area (Å²) in [6.45, 7) is 0. The summed E-state index contributed by atoms with van der Waals surface area (Å²) in [6.07, 6.45) is 1.61. The van der Waals surface area contributed by atoms with Crippen LogP contribution >= 0.6 is 0 Å². The van der Waals surface area contributed by atoms with E-state index in [9.17, 15) is 18.7 Å². The summed E-state index contributed by atoms with van der Waals surface area (Å²) >= 11 is 0. The van der Waals surface area contributed by atoms with Gasteiger partial charge < -0.3 is 9.84 Å². The Labute approximate surface area is 118 Å². The molecule has 0 amide bonds. The Morgan fingerprint density at radius 3 is 2.48 bits per heavy atom. The third-order valence-electron chi connectivity index (χ3n) is 3.40. The van der Waals surface area contributed by atoms with Crippen LogP contribution in [0.3, 0.4) is 0 Å². The molecule has 0 aliphatic heterocycles. The van der Waals surface area contributed by atoms with E-state index in [2.05, 4.69) is 5.10 Å². The van der Waals surface area contributed by atoms with Crippen molar-refractivity contribution in [3.63, 3.8) is 0 Å². The number of hydrogen-bond donors (Lipinski definition) is 1. The molecule has 2 aromatic rings. The number of methoxy groups -OCH3 is 1. The number of halogens is 2. The third-order valence-corrected chi connectivity index (χ3v) is 3.40. The van der Waals surface area contributed by atoms with Crippen molar-refractivity contribution in [3.05, 3.63) is 41.2 Å². The van der Waals surface area contributed by atoms with Gasteiger partial charge in [0.15, 0.2) is 17.4 Å². The minimum atomic E-state index is -1.30. The highest BCUT2D eigenvalue weighted by Crippen LogP contribution is 2.46. The van der Waals surface area contributed by atoms with Crippen molar-refractivity contribution in [2.24, 2.45) is 0 Å². The lowest BCUT2D eigenvalue weighted by atomic mass is 10.2. The molecule has 1 saturated carbocycles. The van der Waals surface area contributed by atoms with Crippen LogP contribution in [-0.2, 0) is 0 Å². The van der Waals surface area contributed by atoms with Gasteiger partial charge in [0.2, 0.25) is 5.69 Å². The number of rotatable bonds is 4. The van der Waals surface area contributed by atoms with E-state index < -0.39 is 17.6 Å². The zero-order valence-corrected chi connectivity index (χ0v) is 11.1. The summed E-state index contributed by atoms with van der Waals surface area (Å²) < 4.78 is 34.0. The van der Waals surface area contributed by atoms with Gasteiger partial charge in [0.1, 0.15) is 5.69 Å². The molecule has 7 heteroatoms. The zero-order chi connectivity index (χ0) is 15.1. The first-order valence-corrected chi connectivity index (χ1v) is 6.39. The molecule has 1 aliphatic rings. The van der Waals surface area contributed by atoms with Crippen LogP contribution in [0.25, 0.3) is 5.69 Å². The topological polar surface area (TPSA) is 64.3 Å². The number of para-hydroxylation sites is 1. The maximum Gasteiger partial charge on any atom is 0.360 e. The predicted octanol–water partition coefficient (Wildman–Crippen LogP) is 2.73. The summed E-state index contributed by atoms with van der Waals surface area (Å²) in [5, 5.41) is 13.0. The van der Waals surface area contributed by atoms with Gasteiger partial charge >= 0.3 is 5.97 Å². The highest BCUT2D eigenvalue weighted by Gasteiger charge is 2.36. The normalized spacial score (nSPS) is 14.2. The molecule has 1 aromatic heterocycles. The molecule has 1 N–H and O–H groups in total. The summed E-state index contributed by atoms with van der Waals surface area (Å²) in [5.41, 5.74) is -0.328. The molecule has 1 aliphatic carbocycles. The summed E-state index contributed by atoms with van der Waals surface area (Å²) in [5.74, 6) is -2.85. The molecule has 0 bridgehead atoms. The molecular formula is C14H12F2N2O3. The van der Waals surface area contributed by atoms with Crippen LogP contribution in [0.5, 0.6) is 5.75 Å². The van der Waals surface area contributed by atoms with E-state index in [-0.39, 0.29) is 23.0 Å². The highest BCUT2D eigenvalue weighted by molar-refractivity contribution is 5.89. The molecule has 0 radical (unpaired) electrons. The van der Waals surface area contributed by atoms with Crippen LogP contribution < -0.4 is 4.74 Å². The third kappa shape index (κ3) is 2.14. The second-order valence-corrected chi connectivity index (χ2v) is 4.83. The molecule has 3 rings (SSSR count). The van der Waals surface area contributed by atoms with Crippen LogP contribution in [-0.4, -0.2) is 28.0 Å². The van der Waals surface area contributed by atoms with Gasteiger partial charge in [-0.25, -0.2) is 18.3 Å². The van der Waals surface area contributed by atoms with Crippen molar-refractivity contribution < 1.29 is 23.4 Å². The second kappa shape index (κ2) is 4.83. The molecular weight excluding hydrogens is 282 g/mol. The van der Waals surface area contributed by atoms with Crippen LogP contribution in [0, 0.1) is 11.6 Å². The lowest BCUT2D eigenvalue weighted by molar-refractivity contribution is 0.0686. The molecule has 21 heavy (non-hydrogen) atoms. The van der Waals surface area contributed by atoms with Crippen LogP contribution in [0.15, 0.2) is 18.2 Å². The molecule has 1 fully saturated rings. The van der Waals surface area contributed by atoms with Gasteiger partial charge in [0, 0.05) is 5.92 Å². The highest BCUT2D eigenvalue weighted by atomic mass is 19.1. The first-order chi connectivity index (χ1) is 10.0. The molecule has 5 nitrogen and oxygen atoms in total. The molecule has 0 spiro atoms. The fourth-order valence-corrected chi connectivity index (χ4v) is 2.33. The van der Waals surface area contributed by atoms with Gasteiger partial charge in [0.05, 0.1) is 12.8 Å². The Balaban J connectivity index is 2.29. The molecule has 0 saturated heterocycles. The molecule has 1 aromatic carbocycles. The van der Waals surface area contributed by atoms with Gasteiger partial charge in [-0.1, -0.05) is 6.07 Å². The minimum absolute atomic E-state index is 0.000411. The average Bonchev–Trinajstić information content (AvgIpc) is 3.19. The molecule has 0 atom stereocenters. The maximum atomic E-state index is 14.0. The Morgan fingerprint density at radius 2 is 2.00 bits per heavy atom. The number of hydrogen-bond acceptors (Lipinski definition) is 3. The first kappa shape index (κ1) is 13.5. The number of carbonyl (C=O) groups is 1. The van der Waals surface area contributed by atoms with Crippen LogP contribution in [0.2, 0.25) is 0 Å². The minimum Gasteiger partial charge on any atom is -0.492 e. The smallest absolute Gasteiger partial charge is 0.360 e. The van der Waals surface area contributed by atoms with Gasteiger partial charge in [-0.3, -0.25) is 0 Å². The fourth-order valence-electron chi connectivity index (χ4n) is 2.33. The van der Waals surface area contributed by atoms with E-state index in [4.69, 9.17) is 4.74 Å². The summed E-state index contributed by atoms with van der Waals surface area (Å²) in [4.78, 5) is 11.2. The van der Waals surface area contributed by atoms with E-state index >= 15 is 0 Å². The van der Waals surface area contributed by atoms with E-state index in [0.29, 0.717) is 5.69 Å². The monoisotopic (exact) mass is 294 g/mol. The molecule has 1 heterocycles. The van der Waals surface area contributed by atoms with Crippen LogP contribution in [0.4, 0.5) is 8.78 Å². The Morgan fingerprint density at radius 1 is 1.38 bits per heavy atom. The molecule has 110 valence electrons. The first-order valence-electron chi connectivity index (χ1n) is 6.39. The average molecular weight is 294 g/mol. The Bertz CT molecular complexity index is 703. The fraction of sp³-hybridized carbons (Fsp3) is 0.286. The van der Waals surface area contributed by atoms with E-state index in [0.717, 1.165) is 29.7 Å². The SMILES string of the molecule is COc1c(C(=O)O)nn(-c2c(F)cccc2F)c1C1CC1. The standard InChI is InChI=1S/C14H12F2N2O3/c1-21-13-10(14(19)20)17-18(11(13)7-5-6-7)12-8(15)3-2-4-9(12)16/h2-4,7H,5-6H2,1H3,(H,19,20). The van der Waals surface area contributed by atoms with E-state index in [1.807, 2.05) is 0 Å². The number of ether oxygens (including phenoxy) is 1. The Kier molecular flexibility index (Phi) is 3.12. The van der Waals surface area contributed by atoms with Crippen molar-refractivity contribution in [2.45, 2.75) is 18.8 Å². The van der Waals surface area contributed by atoms with Gasteiger partial charge in [-0.15, -0.1) is 0 Å². The van der Waals surface area contributed by atoms with E-state index in [1.165, 1.54) is 13.2 Å². The lowest BCUT2D eigenvalue weighted by Gasteiger charge is -2.09. The van der Waals surface area contributed by atoms with Crippen molar-refractivity contribution in [3.8, 4) is 11.4 Å². The van der Waals surface area contributed by atoms with Crippen LogP contribution in [0.1, 0.15) is 34.9 Å². The second-order valence-electron chi connectivity index (χ2n) is 4.83. The number of aromatic nitrogens is 2. The van der Waals surface area contributed by atoms with Crippen molar-refractivity contribution in [2.75, 3.05) is 7.11 Å². The lowest BCUT2D eigenvalue weighted by Crippen LogP contribution is -2.07. The van der Waals surface area contributed by atoms with Gasteiger partial charge in [0.25, 0.3) is 0 Å². The van der Waals surface area contributed by atoms with Gasteiger partial charge in [-0.2, -0.15) is 5.10 Å². The number of carboxylic acids is 1. The number of benzene rings is 1. The summed E-state index contributed by atoms with van der Waals surface area (Å²) in [6, 6.07) is 3.44. The summed E-state index contributed by atoms with van der Waals surface area (Å²) in [7, 11) is 1.32. The van der Waals surface area contributed by atoms with Crippen molar-refractivity contribution in [1.82, 2.24) is 9.78 Å². The quantitative estimate of drug-likeness (QED) is 0.941. The largest absolute Gasteiger partial charge is 0.492 e. The van der Waals surface area contributed by atoms with Crippen molar-refractivity contribution >= 4 is 5.97 Å². The number of nitrogens with zero attached hydrogens (tertiary/aromatic N) is 2.